The first-order chi connectivity index (χ1) is 11.5. The van der Waals surface area contributed by atoms with Crippen LogP contribution in [0.5, 0.6) is 0 Å². The highest BCUT2D eigenvalue weighted by Gasteiger charge is 2.50. The molecule has 134 valence electrons. The van der Waals surface area contributed by atoms with Gasteiger partial charge < -0.3 is 9.84 Å². The molecular weight excluding hydrogens is 318 g/mol. The van der Waals surface area contributed by atoms with Crippen LogP contribution >= 0.6 is 11.3 Å². The van der Waals surface area contributed by atoms with Crippen molar-refractivity contribution in [3.05, 3.63) is 34.0 Å². The molecule has 0 saturated heterocycles. The summed E-state index contributed by atoms with van der Waals surface area (Å²) in [6, 6.07) is 4.23. The summed E-state index contributed by atoms with van der Waals surface area (Å²) in [5.74, 6) is 1.56. The fourth-order valence-corrected chi connectivity index (χ4v) is 4.98. The maximum Gasteiger partial charge on any atom is 0.0900 e. The van der Waals surface area contributed by atoms with Crippen LogP contribution in [0.25, 0.3) is 0 Å². The smallest absolute Gasteiger partial charge is 0.0900 e. The van der Waals surface area contributed by atoms with E-state index in [2.05, 4.69) is 49.3 Å². The van der Waals surface area contributed by atoms with Crippen molar-refractivity contribution < 1.29 is 9.84 Å². The summed E-state index contributed by atoms with van der Waals surface area (Å²) >= 11 is 1.77. The summed E-state index contributed by atoms with van der Waals surface area (Å²) in [5, 5.41) is 12.4. The molecule has 1 aromatic heterocycles. The fraction of sp³-hybridized carbons (Fsp3) is 0.700. The molecule has 1 heterocycles. The van der Waals surface area contributed by atoms with E-state index in [1.807, 2.05) is 0 Å². The standard InChI is InChI=1S/C20H31NO2S/c1-4-21(12-18-6-5-9-24-18)11-17(22)14-23-13-15-7-8-16-10-19(15)20(16,2)3/h5-7,9,16-17,19,22H,4,8,10-14H2,1-3H3. The first kappa shape index (κ1) is 18.1. The van der Waals surface area contributed by atoms with Crippen molar-refractivity contribution in [2.45, 2.75) is 46.3 Å². The molecule has 3 atom stereocenters. The van der Waals surface area contributed by atoms with Crippen LogP contribution < -0.4 is 0 Å². The van der Waals surface area contributed by atoms with Crippen molar-refractivity contribution in [1.29, 1.82) is 0 Å². The Hall–Kier alpha value is -0.680. The minimum Gasteiger partial charge on any atom is -0.389 e. The number of hydrogen-bond donors (Lipinski definition) is 1. The average molecular weight is 350 g/mol. The van der Waals surface area contributed by atoms with E-state index in [4.69, 9.17) is 4.74 Å². The Kier molecular flexibility index (Phi) is 5.81. The van der Waals surface area contributed by atoms with Gasteiger partial charge in [0.05, 0.1) is 19.3 Å². The lowest BCUT2D eigenvalue weighted by Crippen LogP contribution is -2.48. The van der Waals surface area contributed by atoms with Gasteiger partial charge in [-0.3, -0.25) is 4.90 Å². The summed E-state index contributed by atoms with van der Waals surface area (Å²) in [4.78, 5) is 3.62. The maximum absolute atomic E-state index is 10.3. The largest absolute Gasteiger partial charge is 0.389 e. The number of aliphatic hydroxyl groups is 1. The van der Waals surface area contributed by atoms with Crippen LogP contribution in [0.1, 0.15) is 38.5 Å². The van der Waals surface area contributed by atoms with Crippen molar-refractivity contribution in [1.82, 2.24) is 4.90 Å². The molecule has 0 radical (unpaired) electrons. The number of thiophene rings is 1. The highest BCUT2D eigenvalue weighted by atomic mass is 32.1. The molecule has 1 N–H and O–H groups in total. The Morgan fingerprint density at radius 2 is 2.29 bits per heavy atom. The summed E-state index contributed by atoms with van der Waals surface area (Å²) in [6.45, 7) is 10.6. The van der Waals surface area contributed by atoms with E-state index in [1.165, 1.54) is 23.3 Å². The Morgan fingerprint density at radius 3 is 2.92 bits per heavy atom. The zero-order valence-corrected chi connectivity index (χ0v) is 16.0. The molecule has 3 aliphatic carbocycles. The van der Waals surface area contributed by atoms with Gasteiger partial charge in [0.1, 0.15) is 0 Å². The van der Waals surface area contributed by atoms with Crippen LogP contribution in [0.2, 0.25) is 0 Å². The van der Waals surface area contributed by atoms with Crippen LogP contribution in [0.4, 0.5) is 0 Å². The fourth-order valence-electron chi connectivity index (χ4n) is 4.23. The van der Waals surface area contributed by atoms with E-state index in [0.717, 1.165) is 19.0 Å². The average Bonchev–Trinajstić information content (AvgIpc) is 3.07. The van der Waals surface area contributed by atoms with E-state index < -0.39 is 6.10 Å². The molecule has 0 aliphatic heterocycles. The molecule has 0 amide bonds. The number of ether oxygens (including phenoxy) is 1. The molecule has 3 unspecified atom stereocenters. The normalized spacial score (nSPS) is 26.1. The van der Waals surface area contributed by atoms with Crippen molar-refractivity contribution >= 4 is 11.3 Å². The quantitative estimate of drug-likeness (QED) is 0.686. The lowest BCUT2D eigenvalue weighted by atomic mass is 9.49. The van der Waals surface area contributed by atoms with Gasteiger partial charge in [0, 0.05) is 18.0 Å². The predicted octanol–water partition coefficient (Wildman–Crippen LogP) is 3.94. The molecule has 4 heteroatoms. The second-order valence-electron chi connectivity index (χ2n) is 7.90. The van der Waals surface area contributed by atoms with Gasteiger partial charge in [-0.05, 0) is 53.7 Å². The van der Waals surface area contributed by atoms with E-state index >= 15 is 0 Å². The van der Waals surface area contributed by atoms with Crippen LogP contribution in [0.3, 0.4) is 0 Å². The number of likely N-dealkylation sites (N-methyl/N-ethyl adjacent to an activating group) is 1. The second kappa shape index (κ2) is 7.69. The van der Waals surface area contributed by atoms with Crippen LogP contribution in [-0.4, -0.2) is 42.4 Å². The molecule has 1 fully saturated rings. The van der Waals surface area contributed by atoms with E-state index in [-0.39, 0.29) is 0 Å². The predicted molar refractivity (Wildman–Crippen MR) is 100 cm³/mol. The van der Waals surface area contributed by atoms with Gasteiger partial charge in [0.25, 0.3) is 0 Å². The van der Waals surface area contributed by atoms with Crippen molar-refractivity contribution in [2.24, 2.45) is 17.3 Å². The van der Waals surface area contributed by atoms with Gasteiger partial charge in [-0.25, -0.2) is 0 Å². The molecule has 0 spiro atoms. The van der Waals surface area contributed by atoms with Gasteiger partial charge in [-0.1, -0.05) is 32.9 Å². The van der Waals surface area contributed by atoms with Gasteiger partial charge in [0.15, 0.2) is 0 Å². The maximum atomic E-state index is 10.3. The minimum absolute atomic E-state index is 0.420. The molecule has 4 rings (SSSR count). The highest BCUT2D eigenvalue weighted by molar-refractivity contribution is 7.09. The Morgan fingerprint density at radius 1 is 1.46 bits per heavy atom. The Balaban J connectivity index is 1.39. The zero-order valence-electron chi connectivity index (χ0n) is 15.2. The molecule has 1 saturated carbocycles. The monoisotopic (exact) mass is 349 g/mol. The van der Waals surface area contributed by atoms with Crippen LogP contribution in [0, 0.1) is 17.3 Å². The number of rotatable bonds is 9. The van der Waals surface area contributed by atoms with Gasteiger partial charge in [0.2, 0.25) is 0 Å². The summed E-state index contributed by atoms with van der Waals surface area (Å²) in [5.41, 5.74) is 1.91. The third-order valence-electron chi connectivity index (χ3n) is 6.04. The molecule has 0 aromatic carbocycles. The molecule has 1 aromatic rings. The zero-order chi connectivity index (χ0) is 17.2. The number of aliphatic hydroxyl groups excluding tert-OH is 1. The molecule has 3 nitrogen and oxygen atoms in total. The summed E-state index contributed by atoms with van der Waals surface area (Å²) in [7, 11) is 0. The first-order valence-corrected chi connectivity index (χ1v) is 10.1. The molecule has 2 bridgehead atoms. The molecule has 3 aliphatic rings. The summed E-state index contributed by atoms with van der Waals surface area (Å²) < 4.78 is 5.86. The van der Waals surface area contributed by atoms with E-state index in [0.29, 0.717) is 31.1 Å². The van der Waals surface area contributed by atoms with Crippen molar-refractivity contribution in [3.63, 3.8) is 0 Å². The van der Waals surface area contributed by atoms with Crippen LogP contribution in [-0.2, 0) is 11.3 Å². The third-order valence-corrected chi connectivity index (χ3v) is 6.90. The van der Waals surface area contributed by atoms with Crippen LogP contribution in [0.15, 0.2) is 29.2 Å². The Labute approximate surface area is 150 Å². The van der Waals surface area contributed by atoms with E-state index in [9.17, 15) is 5.11 Å². The lowest BCUT2D eigenvalue weighted by molar-refractivity contribution is -0.0262. The number of nitrogens with zero attached hydrogens (tertiary/aromatic N) is 1. The van der Waals surface area contributed by atoms with E-state index in [1.54, 1.807) is 11.3 Å². The highest BCUT2D eigenvalue weighted by Crippen LogP contribution is 2.59. The van der Waals surface area contributed by atoms with Crippen molar-refractivity contribution in [2.75, 3.05) is 26.3 Å². The minimum atomic E-state index is -0.420. The van der Waals surface area contributed by atoms with Crippen molar-refractivity contribution in [3.8, 4) is 0 Å². The van der Waals surface area contributed by atoms with Gasteiger partial charge in [-0.15, -0.1) is 11.3 Å². The number of allylic oxidation sites excluding steroid dienone is 1. The lowest BCUT2D eigenvalue weighted by Gasteiger charge is -2.56. The van der Waals surface area contributed by atoms with Gasteiger partial charge >= 0.3 is 0 Å². The summed E-state index contributed by atoms with van der Waals surface area (Å²) in [6.07, 6.45) is 4.49. The van der Waals surface area contributed by atoms with Gasteiger partial charge in [-0.2, -0.15) is 0 Å². The Bertz CT molecular complexity index is 552. The SMILES string of the molecule is CCN(Cc1cccs1)CC(O)COCC1=CCC2CC1C2(C)C. The second-order valence-corrected chi connectivity index (χ2v) is 8.93. The number of hydrogen-bond acceptors (Lipinski definition) is 4. The molecule has 24 heavy (non-hydrogen) atoms. The first-order valence-electron chi connectivity index (χ1n) is 9.20. The number of fused-ring (bicyclic) bond motifs is 1. The topological polar surface area (TPSA) is 32.7 Å². The third kappa shape index (κ3) is 3.93. The molecular formula is C20H31NO2S.